The van der Waals surface area contributed by atoms with E-state index >= 15 is 0 Å². The topological polar surface area (TPSA) is 49.8 Å². The van der Waals surface area contributed by atoms with Gasteiger partial charge in [0.2, 0.25) is 0 Å². The summed E-state index contributed by atoms with van der Waals surface area (Å²) in [5, 5.41) is 11.5. The van der Waals surface area contributed by atoms with Gasteiger partial charge in [-0.05, 0) is 51.1 Å². The summed E-state index contributed by atoms with van der Waals surface area (Å²) in [5.74, 6) is 5.52. The summed E-state index contributed by atoms with van der Waals surface area (Å²) in [7, 11) is 0. The molecule has 2 aliphatic rings. The van der Waals surface area contributed by atoms with Gasteiger partial charge in [0.25, 0.3) is 0 Å². The van der Waals surface area contributed by atoms with Gasteiger partial charge < -0.3 is 9.84 Å². The highest BCUT2D eigenvalue weighted by Gasteiger charge is 2.50. The number of aliphatic hydroxyl groups is 1. The van der Waals surface area contributed by atoms with Crippen molar-refractivity contribution in [3.05, 3.63) is 12.2 Å². The highest BCUT2D eigenvalue weighted by molar-refractivity contribution is 5.80. The zero-order valence-electron chi connectivity index (χ0n) is 16.5. The number of carbonyl (C=O) groups is 1. The molecule has 0 amide bonds. The van der Waals surface area contributed by atoms with Gasteiger partial charge in [-0.25, -0.2) is 4.79 Å². The molecule has 0 aromatic carbocycles. The minimum Gasteiger partial charge on any atom is -0.450 e. The van der Waals surface area contributed by atoms with Crippen molar-refractivity contribution in [1.29, 1.82) is 0 Å². The van der Waals surface area contributed by atoms with E-state index in [1.165, 1.54) is 6.42 Å². The van der Waals surface area contributed by atoms with Gasteiger partial charge in [-0.2, -0.15) is 0 Å². The van der Waals surface area contributed by atoms with Crippen LogP contribution in [0, 0.1) is 23.7 Å². The lowest BCUT2D eigenvalue weighted by Gasteiger charge is -2.42. The van der Waals surface area contributed by atoms with E-state index in [0.717, 1.165) is 58.0 Å². The maximum atomic E-state index is 12.9. The fourth-order valence-corrected chi connectivity index (χ4v) is 4.29. The number of ether oxygens (including phenoxy) is 1. The van der Waals surface area contributed by atoms with E-state index in [-0.39, 0.29) is 18.4 Å². The van der Waals surface area contributed by atoms with Gasteiger partial charge in [0.05, 0.1) is 6.54 Å². The van der Waals surface area contributed by atoms with Crippen LogP contribution in [-0.4, -0.2) is 47.8 Å². The predicted octanol–water partition coefficient (Wildman–Crippen LogP) is 3.54. The van der Waals surface area contributed by atoms with Crippen molar-refractivity contribution in [1.82, 2.24) is 4.90 Å². The molecule has 2 aliphatic carbocycles. The SMILES string of the molecule is CCN(CC)CC#CCOC(=O)C(O)(C1CC=CCC1)C1CCCCC1. The van der Waals surface area contributed by atoms with Crippen LogP contribution >= 0.6 is 0 Å². The molecule has 2 unspecified atom stereocenters. The number of hydrogen-bond acceptors (Lipinski definition) is 4. The maximum Gasteiger partial charge on any atom is 0.339 e. The Hall–Kier alpha value is -1.31. The third-order valence-electron chi connectivity index (χ3n) is 6.04. The molecule has 1 fully saturated rings. The van der Waals surface area contributed by atoms with Crippen molar-refractivity contribution < 1.29 is 14.6 Å². The molecule has 4 nitrogen and oxygen atoms in total. The lowest BCUT2D eigenvalue weighted by molar-refractivity contribution is -0.181. The van der Waals surface area contributed by atoms with Crippen LogP contribution in [0.15, 0.2) is 12.2 Å². The third-order valence-corrected chi connectivity index (χ3v) is 6.04. The van der Waals surface area contributed by atoms with Crippen molar-refractivity contribution in [3.63, 3.8) is 0 Å². The molecule has 0 saturated heterocycles. The first kappa shape index (κ1) is 21.0. The van der Waals surface area contributed by atoms with E-state index < -0.39 is 11.6 Å². The number of nitrogens with zero attached hydrogens (tertiary/aromatic N) is 1. The molecule has 2 atom stereocenters. The number of carbonyl (C=O) groups excluding carboxylic acids is 1. The van der Waals surface area contributed by atoms with E-state index in [1.54, 1.807) is 0 Å². The average molecular weight is 362 g/mol. The quantitative estimate of drug-likeness (QED) is 0.428. The zero-order valence-corrected chi connectivity index (χ0v) is 16.5. The molecule has 4 heteroatoms. The smallest absolute Gasteiger partial charge is 0.339 e. The van der Waals surface area contributed by atoms with Gasteiger partial charge in [-0.15, -0.1) is 0 Å². The molecule has 0 radical (unpaired) electrons. The second-order valence-electron chi connectivity index (χ2n) is 7.53. The Morgan fingerprint density at radius 3 is 2.46 bits per heavy atom. The van der Waals surface area contributed by atoms with E-state index in [9.17, 15) is 9.90 Å². The average Bonchev–Trinajstić information content (AvgIpc) is 2.71. The van der Waals surface area contributed by atoms with Crippen molar-refractivity contribution in [2.45, 2.75) is 70.8 Å². The van der Waals surface area contributed by atoms with Crippen LogP contribution in [-0.2, 0) is 9.53 Å². The summed E-state index contributed by atoms with van der Waals surface area (Å²) in [6, 6.07) is 0. The fourth-order valence-electron chi connectivity index (χ4n) is 4.29. The molecular weight excluding hydrogens is 326 g/mol. The van der Waals surface area contributed by atoms with Crippen LogP contribution in [0.1, 0.15) is 65.2 Å². The Morgan fingerprint density at radius 1 is 1.12 bits per heavy atom. The maximum absolute atomic E-state index is 12.9. The summed E-state index contributed by atoms with van der Waals surface area (Å²) in [6.07, 6.45) is 12.0. The minimum atomic E-state index is -1.36. The number of hydrogen-bond donors (Lipinski definition) is 1. The zero-order chi connectivity index (χ0) is 18.8. The normalized spacial score (nSPS) is 23.2. The number of esters is 1. The standard InChI is InChI=1S/C22H35NO3/c1-3-23(4-2)17-11-12-18-26-21(24)22(25,19-13-7-5-8-14-19)20-15-9-6-10-16-20/h5,7,19-20,25H,3-4,6,8-10,13-18H2,1-2H3. The molecule has 0 aromatic heterocycles. The van der Waals surface area contributed by atoms with Crippen LogP contribution < -0.4 is 0 Å². The monoisotopic (exact) mass is 361 g/mol. The van der Waals surface area contributed by atoms with Crippen LogP contribution in [0.4, 0.5) is 0 Å². The largest absolute Gasteiger partial charge is 0.450 e. The first-order valence-electron chi connectivity index (χ1n) is 10.4. The van der Waals surface area contributed by atoms with Gasteiger partial charge in [0, 0.05) is 5.92 Å². The molecule has 0 bridgehead atoms. The Morgan fingerprint density at radius 2 is 1.85 bits per heavy atom. The van der Waals surface area contributed by atoms with Crippen LogP contribution in [0.25, 0.3) is 0 Å². The van der Waals surface area contributed by atoms with Gasteiger partial charge in [0.15, 0.2) is 12.2 Å². The third kappa shape index (κ3) is 5.34. The lowest BCUT2D eigenvalue weighted by Crippen LogP contribution is -2.53. The second kappa shape index (κ2) is 10.7. The molecule has 0 heterocycles. The highest BCUT2D eigenvalue weighted by Crippen LogP contribution is 2.42. The molecule has 0 spiro atoms. The molecule has 2 rings (SSSR count). The molecule has 26 heavy (non-hydrogen) atoms. The molecular formula is C22H35NO3. The first-order chi connectivity index (χ1) is 12.6. The van der Waals surface area contributed by atoms with Crippen molar-refractivity contribution >= 4 is 5.97 Å². The van der Waals surface area contributed by atoms with Gasteiger partial charge >= 0.3 is 5.97 Å². The van der Waals surface area contributed by atoms with Crippen LogP contribution in [0.3, 0.4) is 0 Å². The molecule has 0 aliphatic heterocycles. The summed E-state index contributed by atoms with van der Waals surface area (Å²) in [4.78, 5) is 15.1. The van der Waals surface area contributed by atoms with Crippen molar-refractivity contribution in [2.24, 2.45) is 11.8 Å². The van der Waals surface area contributed by atoms with Crippen LogP contribution in [0.2, 0.25) is 0 Å². The summed E-state index contributed by atoms with van der Waals surface area (Å²) < 4.78 is 5.46. The first-order valence-corrected chi connectivity index (χ1v) is 10.4. The van der Waals surface area contributed by atoms with E-state index in [4.69, 9.17) is 4.74 Å². The van der Waals surface area contributed by atoms with Crippen LogP contribution in [0.5, 0.6) is 0 Å². The fraction of sp³-hybridized carbons (Fsp3) is 0.773. The minimum absolute atomic E-state index is 0.0175. The van der Waals surface area contributed by atoms with Gasteiger partial charge in [-0.1, -0.05) is 57.1 Å². The molecule has 1 saturated carbocycles. The Balaban J connectivity index is 1.99. The Kier molecular flexibility index (Phi) is 8.68. The van der Waals surface area contributed by atoms with Crippen molar-refractivity contribution in [2.75, 3.05) is 26.2 Å². The van der Waals surface area contributed by atoms with Gasteiger partial charge in [-0.3, -0.25) is 4.90 Å². The summed E-state index contributed by atoms with van der Waals surface area (Å²) in [6.45, 7) is 6.88. The molecule has 146 valence electrons. The van der Waals surface area contributed by atoms with E-state index in [2.05, 4.69) is 42.7 Å². The van der Waals surface area contributed by atoms with Crippen molar-refractivity contribution in [3.8, 4) is 11.8 Å². The number of allylic oxidation sites excluding steroid dienone is 2. The predicted molar refractivity (Wildman–Crippen MR) is 105 cm³/mol. The number of rotatable bonds is 7. The van der Waals surface area contributed by atoms with Gasteiger partial charge in [0.1, 0.15) is 0 Å². The lowest BCUT2D eigenvalue weighted by atomic mass is 9.67. The Labute approximate surface area is 159 Å². The highest BCUT2D eigenvalue weighted by atomic mass is 16.5. The summed E-state index contributed by atoms with van der Waals surface area (Å²) in [5.41, 5.74) is -1.36. The second-order valence-corrected chi connectivity index (χ2v) is 7.53. The molecule has 1 N–H and O–H groups in total. The Bertz CT molecular complexity index is 523. The van der Waals surface area contributed by atoms with E-state index in [0.29, 0.717) is 6.54 Å². The molecule has 0 aromatic rings. The summed E-state index contributed by atoms with van der Waals surface area (Å²) >= 11 is 0. The van der Waals surface area contributed by atoms with E-state index in [1.807, 2.05) is 0 Å².